The molecule has 1 fully saturated rings. The summed E-state index contributed by atoms with van der Waals surface area (Å²) >= 11 is 0. The molecular formula is C17H24N6O2. The summed E-state index contributed by atoms with van der Waals surface area (Å²) in [7, 11) is 1.77. The quantitative estimate of drug-likeness (QED) is 0.759. The third-order valence-corrected chi connectivity index (χ3v) is 4.53. The van der Waals surface area contributed by atoms with Crippen molar-refractivity contribution in [3.63, 3.8) is 0 Å². The van der Waals surface area contributed by atoms with Gasteiger partial charge in [-0.3, -0.25) is 4.79 Å². The number of aromatic nitrogens is 4. The fourth-order valence-corrected chi connectivity index (χ4v) is 2.82. The zero-order chi connectivity index (χ0) is 17.6. The van der Waals surface area contributed by atoms with Crippen LogP contribution in [0.1, 0.15) is 18.3 Å². The molecule has 134 valence electrons. The highest BCUT2D eigenvalue weighted by atomic mass is 16.5. The summed E-state index contributed by atoms with van der Waals surface area (Å²) < 4.78 is 7.24. The summed E-state index contributed by atoms with van der Waals surface area (Å²) in [5.41, 5.74) is 0.996. The number of hydrogen-bond acceptors (Lipinski definition) is 6. The van der Waals surface area contributed by atoms with Crippen molar-refractivity contribution in [2.75, 3.05) is 32.7 Å². The van der Waals surface area contributed by atoms with Gasteiger partial charge in [-0.1, -0.05) is 19.1 Å². The largest absolute Gasteiger partial charge is 0.486 e. The normalized spacial score (nSPS) is 15.4. The number of carbonyl (C=O) groups is 1. The van der Waals surface area contributed by atoms with Crippen molar-refractivity contribution in [1.29, 1.82) is 0 Å². The summed E-state index contributed by atoms with van der Waals surface area (Å²) in [5, 5.41) is 11.2. The van der Waals surface area contributed by atoms with Gasteiger partial charge < -0.3 is 14.5 Å². The topological polar surface area (TPSA) is 76.4 Å². The number of rotatable bonds is 6. The highest BCUT2D eigenvalue weighted by Crippen LogP contribution is 2.15. The van der Waals surface area contributed by atoms with Crippen LogP contribution in [-0.2, 0) is 24.9 Å². The number of aryl methyl sites for hydroxylation is 1. The van der Waals surface area contributed by atoms with Crippen LogP contribution >= 0.6 is 0 Å². The minimum Gasteiger partial charge on any atom is -0.486 e. The Morgan fingerprint density at radius 3 is 2.48 bits per heavy atom. The number of likely N-dealkylation sites (N-methyl/N-ethyl adjacent to an activating group) is 1. The standard InChI is InChI=1S/C17H24N6O2/c1-3-22-8-10-23(11-9-22)17(24)12-14-4-6-15(7-5-14)25-13-16-18-19-20-21(16)2/h4-7H,3,8-13H2,1-2H3. The van der Waals surface area contributed by atoms with E-state index in [1.54, 1.807) is 11.7 Å². The molecule has 1 saturated heterocycles. The predicted molar refractivity (Wildman–Crippen MR) is 92.0 cm³/mol. The minimum atomic E-state index is 0.189. The van der Waals surface area contributed by atoms with E-state index in [4.69, 9.17) is 4.74 Å². The molecule has 2 aromatic rings. The van der Waals surface area contributed by atoms with Crippen LogP contribution in [-0.4, -0.2) is 68.6 Å². The SMILES string of the molecule is CCN1CCN(C(=O)Cc2ccc(OCc3nnnn3C)cc2)CC1. The number of amides is 1. The van der Waals surface area contributed by atoms with Crippen LogP contribution in [0, 0.1) is 0 Å². The molecular weight excluding hydrogens is 320 g/mol. The van der Waals surface area contributed by atoms with E-state index in [9.17, 15) is 4.79 Å². The summed E-state index contributed by atoms with van der Waals surface area (Å²) in [6.45, 7) is 7.08. The van der Waals surface area contributed by atoms with Crippen molar-refractivity contribution in [3.8, 4) is 5.75 Å². The van der Waals surface area contributed by atoms with E-state index in [1.807, 2.05) is 29.2 Å². The van der Waals surface area contributed by atoms with Crippen LogP contribution in [0.5, 0.6) is 5.75 Å². The second-order valence-electron chi connectivity index (χ2n) is 6.14. The first-order chi connectivity index (χ1) is 12.2. The first-order valence-electron chi connectivity index (χ1n) is 8.59. The molecule has 0 spiro atoms. The molecule has 1 aliphatic rings. The Labute approximate surface area is 147 Å². The molecule has 2 heterocycles. The van der Waals surface area contributed by atoms with Crippen LogP contribution in [0.15, 0.2) is 24.3 Å². The molecule has 0 atom stereocenters. The van der Waals surface area contributed by atoms with E-state index in [2.05, 4.69) is 27.3 Å². The molecule has 0 unspecified atom stereocenters. The van der Waals surface area contributed by atoms with E-state index in [-0.39, 0.29) is 5.91 Å². The summed E-state index contributed by atoms with van der Waals surface area (Å²) in [5.74, 6) is 1.58. The zero-order valence-electron chi connectivity index (χ0n) is 14.8. The molecule has 1 amide bonds. The Morgan fingerprint density at radius 1 is 1.16 bits per heavy atom. The van der Waals surface area contributed by atoms with Gasteiger partial charge in [0.1, 0.15) is 12.4 Å². The maximum absolute atomic E-state index is 12.4. The van der Waals surface area contributed by atoms with E-state index in [0.29, 0.717) is 18.9 Å². The average molecular weight is 344 g/mol. The summed E-state index contributed by atoms with van der Waals surface area (Å²) in [4.78, 5) is 16.7. The lowest BCUT2D eigenvalue weighted by molar-refractivity contribution is -0.132. The molecule has 1 aromatic carbocycles. The fraction of sp³-hybridized carbons (Fsp3) is 0.529. The zero-order valence-corrected chi connectivity index (χ0v) is 14.8. The smallest absolute Gasteiger partial charge is 0.227 e. The fourth-order valence-electron chi connectivity index (χ4n) is 2.82. The predicted octanol–water partition coefficient (Wildman–Crippen LogP) is 0.496. The molecule has 3 rings (SSSR count). The molecule has 25 heavy (non-hydrogen) atoms. The second-order valence-corrected chi connectivity index (χ2v) is 6.14. The maximum Gasteiger partial charge on any atom is 0.227 e. The minimum absolute atomic E-state index is 0.189. The van der Waals surface area contributed by atoms with Gasteiger partial charge in [0.15, 0.2) is 5.82 Å². The van der Waals surface area contributed by atoms with E-state index >= 15 is 0 Å². The van der Waals surface area contributed by atoms with E-state index in [0.717, 1.165) is 44.0 Å². The van der Waals surface area contributed by atoms with Crippen LogP contribution in [0.2, 0.25) is 0 Å². The van der Waals surface area contributed by atoms with Crippen molar-refractivity contribution in [1.82, 2.24) is 30.0 Å². The average Bonchev–Trinajstić information content (AvgIpc) is 3.06. The Balaban J connectivity index is 1.49. The van der Waals surface area contributed by atoms with Gasteiger partial charge >= 0.3 is 0 Å². The highest BCUT2D eigenvalue weighted by Gasteiger charge is 2.20. The second kappa shape index (κ2) is 8.06. The Morgan fingerprint density at radius 2 is 1.88 bits per heavy atom. The first-order valence-corrected chi connectivity index (χ1v) is 8.59. The van der Waals surface area contributed by atoms with Crippen molar-refractivity contribution >= 4 is 5.91 Å². The van der Waals surface area contributed by atoms with Gasteiger partial charge in [0.25, 0.3) is 0 Å². The third-order valence-electron chi connectivity index (χ3n) is 4.53. The molecule has 0 bridgehead atoms. The molecule has 8 nitrogen and oxygen atoms in total. The maximum atomic E-state index is 12.4. The highest BCUT2D eigenvalue weighted by molar-refractivity contribution is 5.78. The van der Waals surface area contributed by atoms with Crippen molar-refractivity contribution < 1.29 is 9.53 Å². The van der Waals surface area contributed by atoms with Gasteiger partial charge in [-0.25, -0.2) is 4.68 Å². The van der Waals surface area contributed by atoms with Gasteiger partial charge in [0.2, 0.25) is 5.91 Å². The van der Waals surface area contributed by atoms with Crippen LogP contribution in [0.4, 0.5) is 0 Å². The first kappa shape index (κ1) is 17.3. The van der Waals surface area contributed by atoms with Crippen LogP contribution in [0.3, 0.4) is 0 Å². The molecule has 8 heteroatoms. The molecule has 0 radical (unpaired) electrons. The monoisotopic (exact) mass is 344 g/mol. The number of hydrogen-bond donors (Lipinski definition) is 0. The number of nitrogens with zero attached hydrogens (tertiary/aromatic N) is 6. The number of piperazine rings is 1. The van der Waals surface area contributed by atoms with Crippen LogP contribution < -0.4 is 4.74 Å². The van der Waals surface area contributed by atoms with Gasteiger partial charge in [-0.05, 0) is 34.7 Å². The summed E-state index contributed by atoms with van der Waals surface area (Å²) in [6, 6.07) is 7.62. The molecule has 1 aliphatic heterocycles. The van der Waals surface area contributed by atoms with Gasteiger partial charge in [0.05, 0.1) is 6.42 Å². The number of benzene rings is 1. The molecule has 0 N–H and O–H groups in total. The van der Waals surface area contributed by atoms with Crippen molar-refractivity contribution in [2.45, 2.75) is 20.0 Å². The number of ether oxygens (including phenoxy) is 1. The molecule has 0 aliphatic carbocycles. The van der Waals surface area contributed by atoms with Gasteiger partial charge in [-0.2, -0.15) is 0 Å². The number of carbonyl (C=O) groups excluding carboxylic acids is 1. The van der Waals surface area contributed by atoms with Crippen molar-refractivity contribution in [2.24, 2.45) is 7.05 Å². The Bertz CT molecular complexity index is 691. The van der Waals surface area contributed by atoms with Gasteiger partial charge in [-0.15, -0.1) is 5.10 Å². The summed E-state index contributed by atoms with van der Waals surface area (Å²) in [6.07, 6.45) is 0.430. The van der Waals surface area contributed by atoms with E-state index in [1.165, 1.54) is 0 Å². The lowest BCUT2D eigenvalue weighted by atomic mass is 10.1. The lowest BCUT2D eigenvalue weighted by Gasteiger charge is -2.34. The number of tetrazole rings is 1. The lowest BCUT2D eigenvalue weighted by Crippen LogP contribution is -2.48. The Hall–Kier alpha value is -2.48. The van der Waals surface area contributed by atoms with Crippen LogP contribution in [0.25, 0.3) is 0 Å². The molecule has 1 aromatic heterocycles. The van der Waals surface area contributed by atoms with Crippen molar-refractivity contribution in [3.05, 3.63) is 35.7 Å². The van der Waals surface area contributed by atoms with Gasteiger partial charge in [0, 0.05) is 33.2 Å². The molecule has 0 saturated carbocycles. The third kappa shape index (κ3) is 4.54. The Kier molecular flexibility index (Phi) is 5.60. The van der Waals surface area contributed by atoms with E-state index < -0.39 is 0 Å².